The van der Waals surface area contributed by atoms with Crippen molar-refractivity contribution < 1.29 is 9.53 Å². The fourth-order valence-electron chi connectivity index (χ4n) is 2.25. The highest BCUT2D eigenvalue weighted by Gasteiger charge is 2.26. The van der Waals surface area contributed by atoms with Crippen LogP contribution in [0.2, 0.25) is 0 Å². The summed E-state index contributed by atoms with van der Waals surface area (Å²) in [5.74, 6) is 0.650. The first-order chi connectivity index (χ1) is 9.41. The molecule has 0 saturated carbocycles. The summed E-state index contributed by atoms with van der Waals surface area (Å²) in [6, 6.07) is 3.43. The number of ether oxygens (including phenoxy) is 1. The molecular weight excluding hydrogens is 254 g/mol. The maximum atomic E-state index is 11.9. The normalized spacial score (nSPS) is 13.9. The Morgan fingerprint density at radius 1 is 1.55 bits per heavy atom. The van der Waals surface area contributed by atoms with Crippen LogP contribution in [0.4, 0.5) is 5.82 Å². The van der Waals surface area contributed by atoms with Gasteiger partial charge in [-0.2, -0.15) is 0 Å². The number of anilines is 1. The lowest BCUT2D eigenvalue weighted by Gasteiger charge is -2.32. The van der Waals surface area contributed by atoms with Crippen molar-refractivity contribution in [3.63, 3.8) is 0 Å². The summed E-state index contributed by atoms with van der Waals surface area (Å²) < 4.78 is 5.05. The summed E-state index contributed by atoms with van der Waals surface area (Å²) in [4.78, 5) is 16.2. The van der Waals surface area contributed by atoms with Crippen LogP contribution in [0.15, 0.2) is 18.3 Å². The molecule has 0 amide bonds. The third kappa shape index (κ3) is 4.49. The smallest absolute Gasteiger partial charge is 0.341 e. The summed E-state index contributed by atoms with van der Waals surface area (Å²) >= 11 is 0. The van der Waals surface area contributed by atoms with E-state index in [1.165, 1.54) is 0 Å². The van der Waals surface area contributed by atoms with Gasteiger partial charge in [-0.25, -0.2) is 9.78 Å². The summed E-state index contributed by atoms with van der Waals surface area (Å²) in [6.45, 7) is 8.90. The topological polar surface area (TPSA) is 77.2 Å². The molecule has 5 nitrogen and oxygen atoms in total. The molecule has 20 heavy (non-hydrogen) atoms. The Balaban J connectivity index is 2.98. The average molecular weight is 279 g/mol. The molecule has 0 spiro atoms. The lowest BCUT2D eigenvalue weighted by molar-refractivity contribution is 0.0527. The van der Waals surface area contributed by atoms with E-state index in [2.05, 4.69) is 24.1 Å². The Kier molecular flexibility index (Phi) is 5.95. The van der Waals surface area contributed by atoms with Crippen molar-refractivity contribution in [1.82, 2.24) is 4.98 Å². The minimum absolute atomic E-state index is 0.302. The van der Waals surface area contributed by atoms with Gasteiger partial charge >= 0.3 is 5.97 Å². The molecule has 1 atom stereocenters. The number of aromatic nitrogens is 1. The summed E-state index contributed by atoms with van der Waals surface area (Å²) in [6.07, 6.45) is 2.54. The third-order valence-electron chi connectivity index (χ3n) is 3.03. The second kappa shape index (κ2) is 7.24. The Labute approximate surface area is 120 Å². The molecule has 1 aromatic rings. The quantitative estimate of drug-likeness (QED) is 0.750. The number of carbonyl (C=O) groups excluding carboxylic acids is 1. The van der Waals surface area contributed by atoms with Gasteiger partial charge in [-0.05, 0) is 38.3 Å². The molecule has 112 valence electrons. The van der Waals surface area contributed by atoms with Crippen LogP contribution < -0.4 is 11.1 Å². The minimum Gasteiger partial charge on any atom is -0.462 e. The van der Waals surface area contributed by atoms with Crippen molar-refractivity contribution in [2.45, 2.75) is 39.7 Å². The molecule has 0 aliphatic heterocycles. The van der Waals surface area contributed by atoms with Gasteiger partial charge in [0.25, 0.3) is 0 Å². The van der Waals surface area contributed by atoms with Crippen molar-refractivity contribution in [2.24, 2.45) is 11.7 Å². The summed E-state index contributed by atoms with van der Waals surface area (Å²) in [7, 11) is 0. The number of hydrogen-bond acceptors (Lipinski definition) is 5. The highest BCUT2D eigenvalue weighted by atomic mass is 16.5. The molecule has 0 radical (unpaired) electrons. The lowest BCUT2D eigenvalue weighted by Crippen LogP contribution is -2.44. The van der Waals surface area contributed by atoms with Gasteiger partial charge < -0.3 is 15.8 Å². The zero-order chi connectivity index (χ0) is 15.2. The molecule has 1 aromatic heterocycles. The van der Waals surface area contributed by atoms with Gasteiger partial charge in [-0.15, -0.1) is 0 Å². The van der Waals surface area contributed by atoms with Gasteiger partial charge in [0.1, 0.15) is 11.4 Å². The molecular formula is C15H25N3O2. The number of carbonyl (C=O) groups is 1. The van der Waals surface area contributed by atoms with Crippen LogP contribution in [0.5, 0.6) is 0 Å². The molecule has 0 saturated heterocycles. The van der Waals surface area contributed by atoms with E-state index in [1.807, 2.05) is 6.92 Å². The molecule has 5 heteroatoms. The second-order valence-corrected chi connectivity index (χ2v) is 5.61. The Morgan fingerprint density at radius 2 is 2.25 bits per heavy atom. The number of pyridine rings is 1. The van der Waals surface area contributed by atoms with Crippen LogP contribution in [-0.2, 0) is 4.74 Å². The maximum absolute atomic E-state index is 11.9. The van der Waals surface area contributed by atoms with Gasteiger partial charge in [0, 0.05) is 18.3 Å². The number of nitrogens with one attached hydrogen (secondary N) is 1. The number of esters is 1. The number of rotatable bonds is 7. The Hall–Kier alpha value is -1.62. The molecule has 0 aromatic carbocycles. The third-order valence-corrected chi connectivity index (χ3v) is 3.03. The van der Waals surface area contributed by atoms with Gasteiger partial charge in [0.05, 0.1) is 6.61 Å². The zero-order valence-corrected chi connectivity index (χ0v) is 12.8. The van der Waals surface area contributed by atoms with Gasteiger partial charge in [-0.1, -0.05) is 13.8 Å². The van der Waals surface area contributed by atoms with Gasteiger partial charge in [0.2, 0.25) is 0 Å². The molecule has 0 bridgehead atoms. The molecule has 1 rings (SSSR count). The van der Waals surface area contributed by atoms with E-state index in [9.17, 15) is 4.79 Å². The van der Waals surface area contributed by atoms with E-state index in [-0.39, 0.29) is 11.5 Å². The standard InChI is InChI=1S/C15H25N3O2/c1-5-20-14(19)12-7-6-8-17-13(12)18-15(4,10-16)9-11(2)3/h6-8,11H,5,9-10,16H2,1-4H3,(H,17,18). The predicted octanol–water partition coefficient (Wildman–Crippen LogP) is 2.43. The van der Waals surface area contributed by atoms with E-state index < -0.39 is 0 Å². The molecule has 0 fully saturated rings. The van der Waals surface area contributed by atoms with Crippen molar-refractivity contribution in [2.75, 3.05) is 18.5 Å². The predicted molar refractivity (Wildman–Crippen MR) is 80.7 cm³/mol. The fraction of sp³-hybridized carbons (Fsp3) is 0.600. The SMILES string of the molecule is CCOC(=O)c1cccnc1NC(C)(CN)CC(C)C. The van der Waals surface area contributed by atoms with Crippen LogP contribution in [0.3, 0.4) is 0 Å². The van der Waals surface area contributed by atoms with Crippen LogP contribution in [0.25, 0.3) is 0 Å². The van der Waals surface area contributed by atoms with Crippen LogP contribution in [-0.4, -0.2) is 29.6 Å². The Morgan fingerprint density at radius 3 is 2.80 bits per heavy atom. The summed E-state index contributed by atoms with van der Waals surface area (Å²) in [5, 5.41) is 3.31. The first kappa shape index (κ1) is 16.4. The van der Waals surface area contributed by atoms with Crippen molar-refractivity contribution in [3.05, 3.63) is 23.9 Å². The van der Waals surface area contributed by atoms with E-state index in [4.69, 9.17) is 10.5 Å². The van der Waals surface area contributed by atoms with Crippen molar-refractivity contribution >= 4 is 11.8 Å². The largest absolute Gasteiger partial charge is 0.462 e. The van der Waals surface area contributed by atoms with E-state index >= 15 is 0 Å². The molecule has 0 aliphatic carbocycles. The number of hydrogen-bond donors (Lipinski definition) is 2. The average Bonchev–Trinajstić information content (AvgIpc) is 2.38. The van der Waals surface area contributed by atoms with E-state index in [1.54, 1.807) is 25.3 Å². The first-order valence-corrected chi connectivity index (χ1v) is 7.02. The van der Waals surface area contributed by atoms with Crippen LogP contribution in [0.1, 0.15) is 44.5 Å². The fourth-order valence-corrected chi connectivity index (χ4v) is 2.25. The molecule has 3 N–H and O–H groups in total. The maximum Gasteiger partial charge on any atom is 0.341 e. The molecule has 1 heterocycles. The zero-order valence-electron chi connectivity index (χ0n) is 12.8. The minimum atomic E-state index is -0.369. The second-order valence-electron chi connectivity index (χ2n) is 5.61. The van der Waals surface area contributed by atoms with Crippen molar-refractivity contribution in [1.29, 1.82) is 0 Å². The monoisotopic (exact) mass is 279 g/mol. The summed E-state index contributed by atoms with van der Waals surface area (Å²) in [5.41, 5.74) is 6.02. The van der Waals surface area contributed by atoms with E-state index in [0.717, 1.165) is 6.42 Å². The first-order valence-electron chi connectivity index (χ1n) is 7.02. The van der Waals surface area contributed by atoms with Gasteiger partial charge in [-0.3, -0.25) is 0 Å². The Bertz CT molecular complexity index is 448. The van der Waals surface area contributed by atoms with Crippen molar-refractivity contribution in [3.8, 4) is 0 Å². The highest BCUT2D eigenvalue weighted by Crippen LogP contribution is 2.23. The number of nitrogens with zero attached hydrogens (tertiary/aromatic N) is 1. The lowest BCUT2D eigenvalue weighted by atomic mass is 9.90. The van der Waals surface area contributed by atoms with Gasteiger partial charge in [0.15, 0.2) is 0 Å². The van der Waals surface area contributed by atoms with Crippen LogP contribution in [0, 0.1) is 5.92 Å². The van der Waals surface area contributed by atoms with Crippen LogP contribution >= 0.6 is 0 Å². The molecule has 1 unspecified atom stereocenters. The molecule has 0 aliphatic rings. The highest BCUT2D eigenvalue weighted by molar-refractivity contribution is 5.94. The number of nitrogens with two attached hydrogens (primary N) is 1. The van der Waals surface area contributed by atoms with E-state index in [0.29, 0.717) is 30.5 Å².